The van der Waals surface area contributed by atoms with Crippen LogP contribution < -0.4 is 5.32 Å². The van der Waals surface area contributed by atoms with Gasteiger partial charge >= 0.3 is 0 Å². The van der Waals surface area contributed by atoms with E-state index in [2.05, 4.69) is 17.4 Å². The molecular formula is C26H30N2O2. The van der Waals surface area contributed by atoms with Gasteiger partial charge in [0.15, 0.2) is 0 Å². The maximum Gasteiger partial charge on any atom is 0.244 e. The Morgan fingerprint density at radius 3 is 2.23 bits per heavy atom. The lowest BCUT2D eigenvalue weighted by Gasteiger charge is -2.23. The van der Waals surface area contributed by atoms with Crippen LogP contribution in [0.1, 0.15) is 23.6 Å². The number of carbonyl (C=O) groups excluding carboxylic acids is 1. The maximum absolute atomic E-state index is 12.7. The molecule has 1 atom stereocenters. The number of rotatable bonds is 10. The average molecular weight is 403 g/mol. The Hall–Kier alpha value is -3.11. The molecule has 1 N–H and O–H groups in total. The SMILES string of the molecule is CC(Nc1cccc(COCCc2ccccc2)c1)C(=O)N(C)Cc1ccccc1. The van der Waals surface area contributed by atoms with Gasteiger partial charge in [-0.15, -0.1) is 0 Å². The summed E-state index contributed by atoms with van der Waals surface area (Å²) in [6.07, 6.45) is 0.901. The number of benzene rings is 3. The monoisotopic (exact) mass is 402 g/mol. The molecule has 156 valence electrons. The third-order valence-electron chi connectivity index (χ3n) is 4.97. The first-order valence-electron chi connectivity index (χ1n) is 10.4. The molecule has 0 bridgehead atoms. The molecule has 4 heteroatoms. The number of hydrogen-bond acceptors (Lipinski definition) is 3. The van der Waals surface area contributed by atoms with Crippen LogP contribution in [0, 0.1) is 0 Å². The molecule has 0 aliphatic carbocycles. The first kappa shape index (κ1) is 21.6. The zero-order chi connectivity index (χ0) is 21.2. The van der Waals surface area contributed by atoms with Crippen LogP contribution in [0.3, 0.4) is 0 Å². The fourth-order valence-corrected chi connectivity index (χ4v) is 3.35. The number of nitrogens with one attached hydrogen (secondary N) is 1. The molecule has 0 aliphatic heterocycles. The van der Waals surface area contributed by atoms with Gasteiger partial charge in [-0.2, -0.15) is 0 Å². The lowest BCUT2D eigenvalue weighted by Crippen LogP contribution is -2.38. The second-order valence-corrected chi connectivity index (χ2v) is 7.53. The van der Waals surface area contributed by atoms with Crippen LogP contribution in [0.4, 0.5) is 5.69 Å². The van der Waals surface area contributed by atoms with Gasteiger partial charge in [0.2, 0.25) is 5.91 Å². The van der Waals surface area contributed by atoms with Gasteiger partial charge < -0.3 is 15.0 Å². The normalized spacial score (nSPS) is 11.7. The van der Waals surface area contributed by atoms with Gasteiger partial charge in [-0.3, -0.25) is 4.79 Å². The van der Waals surface area contributed by atoms with E-state index in [1.54, 1.807) is 4.90 Å². The topological polar surface area (TPSA) is 41.6 Å². The van der Waals surface area contributed by atoms with Crippen molar-refractivity contribution >= 4 is 11.6 Å². The summed E-state index contributed by atoms with van der Waals surface area (Å²) in [5.41, 5.74) is 4.41. The van der Waals surface area contributed by atoms with Gasteiger partial charge in [0.1, 0.15) is 6.04 Å². The summed E-state index contributed by atoms with van der Waals surface area (Å²) in [5, 5.41) is 3.32. The molecule has 1 amide bonds. The summed E-state index contributed by atoms with van der Waals surface area (Å²) < 4.78 is 5.83. The van der Waals surface area contributed by atoms with Crippen LogP contribution in [-0.4, -0.2) is 30.5 Å². The van der Waals surface area contributed by atoms with Crippen molar-refractivity contribution < 1.29 is 9.53 Å². The molecule has 0 heterocycles. The van der Waals surface area contributed by atoms with E-state index in [1.165, 1.54) is 5.56 Å². The summed E-state index contributed by atoms with van der Waals surface area (Å²) in [6, 6.07) is 28.1. The number of anilines is 1. The summed E-state index contributed by atoms with van der Waals surface area (Å²) in [6.45, 7) is 3.73. The quantitative estimate of drug-likeness (QED) is 0.490. The van der Waals surface area contributed by atoms with Gasteiger partial charge in [0.05, 0.1) is 13.2 Å². The number of ether oxygens (including phenoxy) is 1. The molecule has 0 fully saturated rings. The second-order valence-electron chi connectivity index (χ2n) is 7.53. The minimum absolute atomic E-state index is 0.0587. The number of hydrogen-bond donors (Lipinski definition) is 1. The Balaban J connectivity index is 1.47. The van der Waals surface area contributed by atoms with E-state index < -0.39 is 0 Å². The first-order chi connectivity index (χ1) is 14.6. The van der Waals surface area contributed by atoms with Crippen LogP contribution in [0.2, 0.25) is 0 Å². The molecule has 30 heavy (non-hydrogen) atoms. The highest BCUT2D eigenvalue weighted by molar-refractivity contribution is 5.84. The molecule has 0 saturated carbocycles. The molecule has 0 saturated heterocycles. The van der Waals surface area contributed by atoms with Crippen LogP contribution in [-0.2, 0) is 29.1 Å². The first-order valence-corrected chi connectivity index (χ1v) is 10.4. The third-order valence-corrected chi connectivity index (χ3v) is 4.97. The smallest absolute Gasteiger partial charge is 0.244 e. The van der Waals surface area contributed by atoms with E-state index in [0.29, 0.717) is 19.8 Å². The minimum atomic E-state index is -0.312. The minimum Gasteiger partial charge on any atom is -0.376 e. The molecule has 3 aromatic carbocycles. The zero-order valence-electron chi connectivity index (χ0n) is 17.8. The average Bonchev–Trinajstić information content (AvgIpc) is 2.78. The van der Waals surface area contributed by atoms with Crippen molar-refractivity contribution in [3.8, 4) is 0 Å². The van der Waals surface area contributed by atoms with E-state index in [9.17, 15) is 4.79 Å². The molecule has 0 radical (unpaired) electrons. The van der Waals surface area contributed by atoms with Gasteiger partial charge in [-0.25, -0.2) is 0 Å². The fourth-order valence-electron chi connectivity index (χ4n) is 3.35. The Morgan fingerprint density at radius 1 is 0.900 bits per heavy atom. The van der Waals surface area contributed by atoms with E-state index in [-0.39, 0.29) is 11.9 Å². The summed E-state index contributed by atoms with van der Waals surface area (Å²) in [4.78, 5) is 14.5. The molecule has 3 aromatic rings. The van der Waals surface area contributed by atoms with E-state index in [0.717, 1.165) is 23.2 Å². The number of amides is 1. The molecule has 0 aliphatic rings. The van der Waals surface area contributed by atoms with Crippen molar-refractivity contribution in [3.05, 3.63) is 102 Å². The zero-order valence-corrected chi connectivity index (χ0v) is 17.8. The van der Waals surface area contributed by atoms with E-state index in [4.69, 9.17) is 4.74 Å². The number of likely N-dealkylation sites (N-methyl/N-ethyl adjacent to an activating group) is 1. The Labute approximate surface area is 179 Å². The van der Waals surface area contributed by atoms with Crippen molar-refractivity contribution in [2.75, 3.05) is 19.0 Å². The molecule has 1 unspecified atom stereocenters. The lowest BCUT2D eigenvalue weighted by molar-refractivity contribution is -0.130. The summed E-state index contributed by atoms with van der Waals surface area (Å²) in [5.74, 6) is 0.0587. The van der Waals surface area contributed by atoms with Crippen LogP contribution >= 0.6 is 0 Å². The highest BCUT2D eigenvalue weighted by atomic mass is 16.5. The lowest BCUT2D eigenvalue weighted by atomic mass is 10.1. The Bertz CT molecular complexity index is 913. The van der Waals surface area contributed by atoms with Crippen molar-refractivity contribution in [1.29, 1.82) is 0 Å². The standard InChI is InChI=1S/C26H30N2O2/c1-21(26(29)28(2)19-23-12-7-4-8-13-23)27-25-15-9-14-24(18-25)20-30-17-16-22-10-5-3-6-11-22/h3-15,18,21,27H,16-17,19-20H2,1-2H3. The summed E-state index contributed by atoms with van der Waals surface area (Å²) >= 11 is 0. The van der Waals surface area contributed by atoms with Crippen LogP contribution in [0.15, 0.2) is 84.9 Å². The molecule has 0 aromatic heterocycles. The maximum atomic E-state index is 12.7. The largest absolute Gasteiger partial charge is 0.376 e. The molecule has 4 nitrogen and oxygen atoms in total. The number of nitrogens with zero attached hydrogens (tertiary/aromatic N) is 1. The van der Waals surface area contributed by atoms with Gasteiger partial charge in [0.25, 0.3) is 0 Å². The van der Waals surface area contributed by atoms with E-state index >= 15 is 0 Å². The van der Waals surface area contributed by atoms with Crippen molar-refractivity contribution in [2.45, 2.75) is 32.5 Å². The molecule has 3 rings (SSSR count). The van der Waals surface area contributed by atoms with Crippen molar-refractivity contribution in [3.63, 3.8) is 0 Å². The van der Waals surface area contributed by atoms with Crippen LogP contribution in [0.25, 0.3) is 0 Å². The Kier molecular flexibility index (Phi) is 8.04. The predicted molar refractivity (Wildman–Crippen MR) is 122 cm³/mol. The van der Waals surface area contributed by atoms with Crippen molar-refractivity contribution in [1.82, 2.24) is 4.90 Å². The van der Waals surface area contributed by atoms with Gasteiger partial charge in [-0.1, -0.05) is 72.8 Å². The van der Waals surface area contributed by atoms with Crippen LogP contribution in [0.5, 0.6) is 0 Å². The highest BCUT2D eigenvalue weighted by Crippen LogP contribution is 2.14. The van der Waals surface area contributed by atoms with E-state index in [1.807, 2.05) is 86.8 Å². The molecular weight excluding hydrogens is 372 g/mol. The van der Waals surface area contributed by atoms with Crippen molar-refractivity contribution in [2.24, 2.45) is 0 Å². The predicted octanol–water partition coefficient (Wildman–Crippen LogP) is 4.90. The molecule has 0 spiro atoms. The van der Waals surface area contributed by atoms with Gasteiger partial charge in [0, 0.05) is 19.3 Å². The second kappa shape index (κ2) is 11.2. The van der Waals surface area contributed by atoms with Gasteiger partial charge in [-0.05, 0) is 42.2 Å². The number of carbonyl (C=O) groups is 1. The Morgan fingerprint density at radius 2 is 1.53 bits per heavy atom. The fraction of sp³-hybridized carbons (Fsp3) is 0.269. The highest BCUT2D eigenvalue weighted by Gasteiger charge is 2.17. The third kappa shape index (κ3) is 6.75. The summed E-state index contributed by atoms with van der Waals surface area (Å²) in [7, 11) is 1.84.